The van der Waals surface area contributed by atoms with Gasteiger partial charge in [0.1, 0.15) is 0 Å². The minimum Gasteiger partial charge on any atom is -0.356 e. The van der Waals surface area contributed by atoms with Crippen molar-refractivity contribution in [3.8, 4) is 0 Å². The molecule has 70 valence electrons. The summed E-state index contributed by atoms with van der Waals surface area (Å²) in [6.45, 7) is 4.78. The first-order chi connectivity index (χ1) is 5.61. The largest absolute Gasteiger partial charge is 0.356 e. The zero-order chi connectivity index (χ0) is 9.14. The van der Waals surface area contributed by atoms with Gasteiger partial charge < -0.3 is 11.1 Å². The van der Waals surface area contributed by atoms with Crippen molar-refractivity contribution in [2.24, 2.45) is 17.6 Å². The van der Waals surface area contributed by atoms with E-state index in [4.69, 9.17) is 5.73 Å². The Hall–Kier alpha value is -0.570. The molecule has 0 aromatic heterocycles. The monoisotopic (exact) mass is 170 g/mol. The first-order valence-electron chi connectivity index (χ1n) is 4.64. The van der Waals surface area contributed by atoms with E-state index in [0.29, 0.717) is 5.92 Å². The highest BCUT2D eigenvalue weighted by atomic mass is 16.2. The fraction of sp³-hybridized carbons (Fsp3) is 0.889. The van der Waals surface area contributed by atoms with E-state index in [0.717, 1.165) is 19.4 Å². The fourth-order valence-corrected chi connectivity index (χ4v) is 1.24. The van der Waals surface area contributed by atoms with Crippen molar-refractivity contribution in [2.45, 2.75) is 32.7 Å². The SMILES string of the molecule is CC(N)CCNC(=O)C1CC1C. The summed E-state index contributed by atoms with van der Waals surface area (Å²) in [4.78, 5) is 11.2. The molecule has 1 fully saturated rings. The van der Waals surface area contributed by atoms with E-state index in [2.05, 4.69) is 12.2 Å². The molecule has 1 aliphatic carbocycles. The van der Waals surface area contributed by atoms with Crippen LogP contribution in [0.4, 0.5) is 0 Å². The van der Waals surface area contributed by atoms with E-state index in [-0.39, 0.29) is 17.9 Å². The lowest BCUT2D eigenvalue weighted by atomic mass is 10.2. The average molecular weight is 170 g/mol. The molecule has 1 amide bonds. The molecular weight excluding hydrogens is 152 g/mol. The summed E-state index contributed by atoms with van der Waals surface area (Å²) in [5.74, 6) is 1.10. The molecule has 0 radical (unpaired) electrons. The molecule has 3 nitrogen and oxygen atoms in total. The number of hydrogen-bond donors (Lipinski definition) is 2. The zero-order valence-corrected chi connectivity index (χ0v) is 7.84. The molecule has 1 saturated carbocycles. The molecule has 0 spiro atoms. The van der Waals surface area contributed by atoms with Crippen molar-refractivity contribution in [1.82, 2.24) is 5.32 Å². The Morgan fingerprint density at radius 1 is 1.75 bits per heavy atom. The van der Waals surface area contributed by atoms with E-state index >= 15 is 0 Å². The van der Waals surface area contributed by atoms with E-state index in [1.54, 1.807) is 0 Å². The first-order valence-corrected chi connectivity index (χ1v) is 4.64. The van der Waals surface area contributed by atoms with Crippen LogP contribution in [0.2, 0.25) is 0 Å². The number of carbonyl (C=O) groups is 1. The van der Waals surface area contributed by atoms with Gasteiger partial charge in [0.05, 0.1) is 0 Å². The molecule has 1 aliphatic rings. The summed E-state index contributed by atoms with van der Waals surface area (Å²) in [5, 5.41) is 2.89. The van der Waals surface area contributed by atoms with Crippen molar-refractivity contribution in [1.29, 1.82) is 0 Å². The lowest BCUT2D eigenvalue weighted by molar-refractivity contribution is -0.122. The number of nitrogens with one attached hydrogen (secondary N) is 1. The van der Waals surface area contributed by atoms with Crippen molar-refractivity contribution < 1.29 is 4.79 Å². The molecule has 0 aliphatic heterocycles. The second-order valence-electron chi connectivity index (χ2n) is 3.88. The molecule has 3 atom stereocenters. The molecule has 0 aromatic carbocycles. The standard InChI is InChI=1S/C9H18N2O/c1-6-5-8(6)9(12)11-4-3-7(2)10/h6-8H,3-5,10H2,1-2H3,(H,11,12). The third-order valence-corrected chi connectivity index (χ3v) is 2.35. The summed E-state index contributed by atoms with van der Waals surface area (Å²) in [5.41, 5.74) is 5.55. The Labute approximate surface area is 73.7 Å². The highest BCUT2D eigenvalue weighted by Gasteiger charge is 2.38. The van der Waals surface area contributed by atoms with E-state index in [9.17, 15) is 4.79 Å². The molecule has 0 aromatic rings. The van der Waals surface area contributed by atoms with Gasteiger partial charge in [-0.1, -0.05) is 6.92 Å². The normalized spacial score (nSPS) is 29.6. The number of carbonyl (C=O) groups excluding carboxylic acids is 1. The quantitative estimate of drug-likeness (QED) is 0.645. The molecular formula is C9H18N2O. The van der Waals surface area contributed by atoms with Gasteiger partial charge in [-0.3, -0.25) is 4.79 Å². The van der Waals surface area contributed by atoms with E-state index in [1.807, 2.05) is 6.92 Å². The number of rotatable bonds is 4. The Balaban J connectivity index is 2.03. The predicted octanol–water partition coefficient (Wildman–Crippen LogP) is 0.496. The van der Waals surface area contributed by atoms with Crippen LogP contribution in [0.1, 0.15) is 26.7 Å². The van der Waals surface area contributed by atoms with Crippen LogP contribution >= 0.6 is 0 Å². The van der Waals surface area contributed by atoms with Gasteiger partial charge in [0.2, 0.25) is 5.91 Å². The van der Waals surface area contributed by atoms with Crippen molar-refractivity contribution in [3.05, 3.63) is 0 Å². The van der Waals surface area contributed by atoms with Gasteiger partial charge in [0.25, 0.3) is 0 Å². The molecule has 3 unspecified atom stereocenters. The molecule has 0 saturated heterocycles. The third kappa shape index (κ3) is 2.81. The van der Waals surface area contributed by atoms with Gasteiger partial charge >= 0.3 is 0 Å². The minimum atomic E-state index is 0.182. The van der Waals surface area contributed by atoms with Crippen LogP contribution in [0.25, 0.3) is 0 Å². The highest BCUT2D eigenvalue weighted by molar-refractivity contribution is 5.81. The van der Waals surface area contributed by atoms with Crippen molar-refractivity contribution in [3.63, 3.8) is 0 Å². The Bertz CT molecular complexity index is 168. The number of amides is 1. The van der Waals surface area contributed by atoms with Gasteiger partial charge in [-0.2, -0.15) is 0 Å². The lowest BCUT2D eigenvalue weighted by Crippen LogP contribution is -2.30. The Morgan fingerprint density at radius 2 is 2.33 bits per heavy atom. The van der Waals surface area contributed by atoms with E-state index in [1.165, 1.54) is 0 Å². The lowest BCUT2D eigenvalue weighted by Gasteiger charge is -2.06. The van der Waals surface area contributed by atoms with Crippen LogP contribution < -0.4 is 11.1 Å². The smallest absolute Gasteiger partial charge is 0.223 e. The summed E-state index contributed by atoms with van der Waals surface area (Å²) < 4.78 is 0. The van der Waals surface area contributed by atoms with Gasteiger partial charge in [0, 0.05) is 18.5 Å². The molecule has 12 heavy (non-hydrogen) atoms. The Kier molecular flexibility index (Phi) is 3.09. The fourth-order valence-electron chi connectivity index (χ4n) is 1.24. The van der Waals surface area contributed by atoms with Crippen molar-refractivity contribution in [2.75, 3.05) is 6.54 Å². The van der Waals surface area contributed by atoms with Crippen LogP contribution in [0.15, 0.2) is 0 Å². The minimum absolute atomic E-state index is 0.182. The average Bonchev–Trinajstić information content (AvgIpc) is 2.66. The molecule has 0 bridgehead atoms. The molecule has 3 heteroatoms. The van der Waals surface area contributed by atoms with Crippen LogP contribution in [0.3, 0.4) is 0 Å². The van der Waals surface area contributed by atoms with Crippen LogP contribution in [-0.2, 0) is 4.79 Å². The second-order valence-corrected chi connectivity index (χ2v) is 3.88. The van der Waals surface area contributed by atoms with Crippen LogP contribution in [-0.4, -0.2) is 18.5 Å². The molecule has 1 rings (SSSR count). The van der Waals surface area contributed by atoms with Crippen LogP contribution in [0.5, 0.6) is 0 Å². The second kappa shape index (κ2) is 3.90. The Morgan fingerprint density at radius 3 is 2.75 bits per heavy atom. The van der Waals surface area contributed by atoms with Gasteiger partial charge in [-0.05, 0) is 25.7 Å². The molecule has 0 heterocycles. The third-order valence-electron chi connectivity index (χ3n) is 2.35. The highest BCUT2D eigenvalue weighted by Crippen LogP contribution is 2.37. The van der Waals surface area contributed by atoms with Crippen LogP contribution in [0, 0.1) is 11.8 Å². The first kappa shape index (κ1) is 9.52. The number of nitrogens with two attached hydrogens (primary N) is 1. The number of hydrogen-bond acceptors (Lipinski definition) is 2. The summed E-state index contributed by atoms with van der Waals surface area (Å²) in [6.07, 6.45) is 1.93. The maximum absolute atomic E-state index is 11.2. The summed E-state index contributed by atoms with van der Waals surface area (Å²) >= 11 is 0. The van der Waals surface area contributed by atoms with Gasteiger partial charge in [-0.15, -0.1) is 0 Å². The molecule has 3 N–H and O–H groups in total. The zero-order valence-electron chi connectivity index (χ0n) is 7.84. The van der Waals surface area contributed by atoms with E-state index < -0.39 is 0 Å². The topological polar surface area (TPSA) is 55.1 Å². The van der Waals surface area contributed by atoms with Gasteiger partial charge in [-0.25, -0.2) is 0 Å². The van der Waals surface area contributed by atoms with Crippen molar-refractivity contribution >= 4 is 5.91 Å². The predicted molar refractivity (Wildman–Crippen MR) is 48.5 cm³/mol. The van der Waals surface area contributed by atoms with Gasteiger partial charge in [0.15, 0.2) is 0 Å². The maximum atomic E-state index is 11.2. The summed E-state index contributed by atoms with van der Waals surface area (Å²) in [6, 6.07) is 0.182. The summed E-state index contributed by atoms with van der Waals surface area (Å²) in [7, 11) is 0. The maximum Gasteiger partial charge on any atom is 0.223 e.